The summed E-state index contributed by atoms with van der Waals surface area (Å²) in [5.74, 6) is -0.439. The van der Waals surface area contributed by atoms with E-state index in [1.807, 2.05) is 37.3 Å². The third-order valence-electron chi connectivity index (χ3n) is 3.17. The molecule has 0 fully saturated rings. The molecule has 2 nitrogen and oxygen atoms in total. The van der Waals surface area contributed by atoms with E-state index < -0.39 is 5.82 Å². The Morgan fingerprint density at radius 3 is 2.60 bits per heavy atom. The Balaban J connectivity index is 2.05. The Bertz CT molecular complexity index is 632. The standard InChI is InChI=1S/C16H14BrFN2/c1-11(12-5-7-15(17)8-6-12)20-10-14-4-2-3-13(9-19)16(14)18/h2-8,11,20H,10H2,1H3/t11-/m0/s1. The first-order chi connectivity index (χ1) is 9.61. The van der Waals surface area contributed by atoms with Gasteiger partial charge in [-0.2, -0.15) is 5.26 Å². The highest BCUT2D eigenvalue weighted by Crippen LogP contribution is 2.18. The van der Waals surface area contributed by atoms with E-state index >= 15 is 0 Å². The number of hydrogen-bond donors (Lipinski definition) is 1. The molecule has 0 saturated heterocycles. The number of nitrogens with one attached hydrogen (secondary N) is 1. The topological polar surface area (TPSA) is 35.8 Å². The van der Waals surface area contributed by atoms with Gasteiger partial charge < -0.3 is 5.32 Å². The fourth-order valence-electron chi connectivity index (χ4n) is 1.94. The highest BCUT2D eigenvalue weighted by molar-refractivity contribution is 9.10. The number of hydrogen-bond acceptors (Lipinski definition) is 2. The van der Waals surface area contributed by atoms with Crippen LogP contribution in [-0.2, 0) is 6.54 Å². The molecule has 1 N–H and O–H groups in total. The predicted molar refractivity (Wildman–Crippen MR) is 80.5 cm³/mol. The maximum absolute atomic E-state index is 13.9. The van der Waals surface area contributed by atoms with Gasteiger partial charge in [0.2, 0.25) is 0 Å². The molecule has 0 unspecified atom stereocenters. The number of nitrogens with zero attached hydrogens (tertiary/aromatic N) is 1. The molecule has 0 aliphatic rings. The minimum Gasteiger partial charge on any atom is -0.306 e. The molecule has 2 aromatic rings. The monoisotopic (exact) mass is 332 g/mol. The van der Waals surface area contributed by atoms with Crippen LogP contribution in [0.2, 0.25) is 0 Å². The second-order valence-corrected chi connectivity index (χ2v) is 5.46. The van der Waals surface area contributed by atoms with Crippen LogP contribution in [0.15, 0.2) is 46.9 Å². The van der Waals surface area contributed by atoms with Crippen LogP contribution in [0.25, 0.3) is 0 Å². The average molecular weight is 333 g/mol. The zero-order valence-electron chi connectivity index (χ0n) is 11.0. The second-order valence-electron chi connectivity index (χ2n) is 4.54. The normalized spacial score (nSPS) is 11.9. The fourth-order valence-corrected chi connectivity index (χ4v) is 2.20. The number of nitriles is 1. The second kappa shape index (κ2) is 6.65. The molecule has 0 spiro atoms. The molecule has 20 heavy (non-hydrogen) atoms. The van der Waals surface area contributed by atoms with Gasteiger partial charge in [0, 0.05) is 22.6 Å². The first-order valence-electron chi connectivity index (χ1n) is 6.28. The van der Waals surface area contributed by atoms with Crippen molar-refractivity contribution < 1.29 is 4.39 Å². The summed E-state index contributed by atoms with van der Waals surface area (Å²) in [5, 5.41) is 12.1. The minimum atomic E-state index is -0.439. The lowest BCUT2D eigenvalue weighted by molar-refractivity contribution is 0.543. The van der Waals surface area contributed by atoms with E-state index in [2.05, 4.69) is 21.2 Å². The predicted octanol–water partition coefficient (Wildman–Crippen LogP) is 4.31. The lowest BCUT2D eigenvalue weighted by Gasteiger charge is -2.15. The van der Waals surface area contributed by atoms with Crippen molar-refractivity contribution in [3.8, 4) is 6.07 Å². The van der Waals surface area contributed by atoms with Crippen molar-refractivity contribution >= 4 is 15.9 Å². The SMILES string of the molecule is C[C@H](NCc1cccc(C#N)c1F)c1ccc(Br)cc1. The molecule has 1 atom stereocenters. The van der Waals surface area contributed by atoms with Crippen LogP contribution in [0.5, 0.6) is 0 Å². The summed E-state index contributed by atoms with van der Waals surface area (Å²) < 4.78 is 14.9. The van der Waals surface area contributed by atoms with Crippen LogP contribution >= 0.6 is 15.9 Å². The summed E-state index contributed by atoms with van der Waals surface area (Å²) >= 11 is 3.40. The van der Waals surface area contributed by atoms with Crippen LogP contribution in [-0.4, -0.2) is 0 Å². The van der Waals surface area contributed by atoms with E-state index in [4.69, 9.17) is 5.26 Å². The Kier molecular flexibility index (Phi) is 4.89. The van der Waals surface area contributed by atoms with Gasteiger partial charge in [-0.05, 0) is 30.7 Å². The first-order valence-corrected chi connectivity index (χ1v) is 7.07. The van der Waals surface area contributed by atoms with Gasteiger partial charge in [0.1, 0.15) is 11.9 Å². The van der Waals surface area contributed by atoms with E-state index in [-0.39, 0.29) is 11.6 Å². The van der Waals surface area contributed by atoms with Crippen molar-refractivity contribution in [3.05, 3.63) is 69.4 Å². The Hall–Kier alpha value is -1.70. The zero-order chi connectivity index (χ0) is 14.5. The molecule has 2 rings (SSSR count). The van der Waals surface area contributed by atoms with Crippen molar-refractivity contribution in [1.29, 1.82) is 5.26 Å². The van der Waals surface area contributed by atoms with Gasteiger partial charge in [-0.1, -0.05) is 40.2 Å². The molecule has 2 aromatic carbocycles. The molecule has 0 aliphatic carbocycles. The van der Waals surface area contributed by atoms with E-state index in [1.54, 1.807) is 12.1 Å². The van der Waals surface area contributed by atoms with Crippen LogP contribution in [0.3, 0.4) is 0 Å². The molecular weight excluding hydrogens is 319 g/mol. The quantitative estimate of drug-likeness (QED) is 0.905. The summed E-state index contributed by atoms with van der Waals surface area (Å²) in [4.78, 5) is 0. The van der Waals surface area contributed by atoms with E-state index in [9.17, 15) is 4.39 Å². The smallest absolute Gasteiger partial charge is 0.145 e. The Morgan fingerprint density at radius 2 is 1.95 bits per heavy atom. The third-order valence-corrected chi connectivity index (χ3v) is 3.70. The zero-order valence-corrected chi connectivity index (χ0v) is 12.6. The van der Waals surface area contributed by atoms with Gasteiger partial charge in [0.25, 0.3) is 0 Å². The molecule has 0 heterocycles. The minimum absolute atomic E-state index is 0.0839. The summed E-state index contributed by atoms with van der Waals surface area (Å²) in [6.45, 7) is 2.41. The van der Waals surface area contributed by atoms with E-state index in [0.29, 0.717) is 12.1 Å². The van der Waals surface area contributed by atoms with Gasteiger partial charge >= 0.3 is 0 Å². The fraction of sp³-hybridized carbons (Fsp3) is 0.188. The molecule has 0 aromatic heterocycles. The Labute approximate surface area is 126 Å². The van der Waals surface area contributed by atoms with Crippen LogP contribution in [0.4, 0.5) is 4.39 Å². The molecule has 102 valence electrons. The lowest BCUT2D eigenvalue weighted by atomic mass is 10.1. The van der Waals surface area contributed by atoms with Gasteiger partial charge in [0.05, 0.1) is 5.56 Å². The van der Waals surface area contributed by atoms with Crippen molar-refractivity contribution in [2.45, 2.75) is 19.5 Å². The molecule has 0 radical (unpaired) electrons. The molecule has 0 amide bonds. The van der Waals surface area contributed by atoms with Crippen LogP contribution < -0.4 is 5.32 Å². The van der Waals surface area contributed by atoms with E-state index in [1.165, 1.54) is 6.07 Å². The van der Waals surface area contributed by atoms with Crippen LogP contribution in [0, 0.1) is 17.1 Å². The highest BCUT2D eigenvalue weighted by atomic mass is 79.9. The highest BCUT2D eigenvalue weighted by Gasteiger charge is 2.09. The summed E-state index contributed by atoms with van der Waals surface area (Å²) in [5.41, 5.74) is 1.72. The molecule has 0 saturated carbocycles. The number of rotatable bonds is 4. The van der Waals surface area contributed by atoms with Crippen molar-refractivity contribution in [3.63, 3.8) is 0 Å². The summed E-state index contributed by atoms with van der Waals surface area (Å²) in [6.07, 6.45) is 0. The van der Waals surface area contributed by atoms with Crippen molar-refractivity contribution in [1.82, 2.24) is 5.32 Å². The average Bonchev–Trinajstić information content (AvgIpc) is 2.46. The van der Waals surface area contributed by atoms with Crippen molar-refractivity contribution in [2.75, 3.05) is 0 Å². The molecule has 0 bridgehead atoms. The van der Waals surface area contributed by atoms with Gasteiger partial charge in [0.15, 0.2) is 0 Å². The Morgan fingerprint density at radius 1 is 1.25 bits per heavy atom. The lowest BCUT2D eigenvalue weighted by Crippen LogP contribution is -2.19. The number of halogens is 2. The first kappa shape index (κ1) is 14.7. The van der Waals surface area contributed by atoms with Crippen molar-refractivity contribution in [2.24, 2.45) is 0 Å². The summed E-state index contributed by atoms with van der Waals surface area (Å²) in [6, 6.07) is 14.8. The largest absolute Gasteiger partial charge is 0.306 e. The maximum Gasteiger partial charge on any atom is 0.145 e. The third kappa shape index (κ3) is 3.44. The summed E-state index contributed by atoms with van der Waals surface area (Å²) in [7, 11) is 0. The van der Waals surface area contributed by atoms with E-state index in [0.717, 1.165) is 10.0 Å². The molecule has 0 aliphatic heterocycles. The van der Waals surface area contributed by atoms with Gasteiger partial charge in [-0.3, -0.25) is 0 Å². The van der Waals surface area contributed by atoms with Gasteiger partial charge in [-0.15, -0.1) is 0 Å². The molecule has 4 heteroatoms. The maximum atomic E-state index is 13.9. The van der Waals surface area contributed by atoms with Crippen LogP contribution in [0.1, 0.15) is 29.7 Å². The molecular formula is C16H14BrFN2. The number of benzene rings is 2. The van der Waals surface area contributed by atoms with Gasteiger partial charge in [-0.25, -0.2) is 4.39 Å².